The van der Waals surface area contributed by atoms with Gasteiger partial charge in [-0.1, -0.05) is 54.6 Å². The van der Waals surface area contributed by atoms with E-state index in [2.05, 4.69) is 0 Å². The molecule has 2 aromatic carbocycles. The minimum absolute atomic E-state index is 0.132. The first-order valence-corrected chi connectivity index (χ1v) is 7.53. The first kappa shape index (κ1) is 14.5. The second-order valence-electron chi connectivity index (χ2n) is 5.90. The lowest BCUT2D eigenvalue weighted by atomic mass is 9.79. The van der Waals surface area contributed by atoms with Gasteiger partial charge in [-0.2, -0.15) is 0 Å². The van der Waals surface area contributed by atoms with Crippen LogP contribution >= 0.6 is 0 Å². The van der Waals surface area contributed by atoms with Crippen LogP contribution in [-0.4, -0.2) is 16.9 Å². The van der Waals surface area contributed by atoms with E-state index in [1.165, 1.54) is 0 Å². The van der Waals surface area contributed by atoms with Gasteiger partial charge in [0.15, 0.2) is 5.78 Å². The molecule has 3 nitrogen and oxygen atoms in total. The van der Waals surface area contributed by atoms with Gasteiger partial charge >= 0.3 is 5.97 Å². The van der Waals surface area contributed by atoms with E-state index in [1.54, 1.807) is 0 Å². The summed E-state index contributed by atoms with van der Waals surface area (Å²) in [6.45, 7) is 0. The number of carboxylic acid groups (broad SMARTS) is 1. The second-order valence-corrected chi connectivity index (χ2v) is 5.90. The van der Waals surface area contributed by atoms with Gasteiger partial charge in [0.25, 0.3) is 0 Å². The smallest absolute Gasteiger partial charge is 0.317 e. The molecule has 3 heteroatoms. The molecular formula is C19H18O3. The van der Waals surface area contributed by atoms with E-state index in [1.807, 2.05) is 54.6 Å². The van der Waals surface area contributed by atoms with Gasteiger partial charge in [0, 0.05) is 6.42 Å². The molecule has 3 rings (SSSR count). The first-order chi connectivity index (χ1) is 10.6. The fourth-order valence-corrected chi connectivity index (χ4v) is 3.21. The predicted molar refractivity (Wildman–Crippen MR) is 84.5 cm³/mol. The Morgan fingerprint density at radius 3 is 2.18 bits per heavy atom. The van der Waals surface area contributed by atoms with E-state index < -0.39 is 11.4 Å². The van der Waals surface area contributed by atoms with Crippen molar-refractivity contribution in [2.24, 2.45) is 5.41 Å². The van der Waals surface area contributed by atoms with E-state index in [4.69, 9.17) is 0 Å². The highest BCUT2D eigenvalue weighted by atomic mass is 16.4. The SMILES string of the molecule is O=C(O)C1(Cc2ccc(-c3ccccc3)cc2)CCCC1=O. The summed E-state index contributed by atoms with van der Waals surface area (Å²) in [4.78, 5) is 23.7. The number of benzene rings is 2. The Hall–Kier alpha value is -2.42. The van der Waals surface area contributed by atoms with Gasteiger partial charge in [0.05, 0.1) is 0 Å². The van der Waals surface area contributed by atoms with Crippen molar-refractivity contribution >= 4 is 11.8 Å². The number of carbonyl (C=O) groups is 2. The van der Waals surface area contributed by atoms with Crippen molar-refractivity contribution < 1.29 is 14.7 Å². The van der Waals surface area contributed by atoms with E-state index in [9.17, 15) is 14.7 Å². The Morgan fingerprint density at radius 2 is 1.64 bits per heavy atom. The molecule has 1 aliphatic carbocycles. The summed E-state index contributed by atoms with van der Waals surface area (Å²) in [5, 5.41) is 9.51. The van der Waals surface area contributed by atoms with Crippen LogP contribution in [0.25, 0.3) is 11.1 Å². The van der Waals surface area contributed by atoms with Crippen LogP contribution in [0.2, 0.25) is 0 Å². The Kier molecular flexibility index (Phi) is 3.80. The maximum Gasteiger partial charge on any atom is 0.317 e. The molecule has 1 unspecified atom stereocenters. The molecule has 0 radical (unpaired) electrons. The zero-order chi connectivity index (χ0) is 15.6. The topological polar surface area (TPSA) is 54.4 Å². The van der Waals surface area contributed by atoms with Crippen LogP contribution in [0.15, 0.2) is 54.6 Å². The van der Waals surface area contributed by atoms with Crippen LogP contribution in [-0.2, 0) is 16.0 Å². The van der Waals surface area contributed by atoms with Crippen molar-refractivity contribution in [3.05, 3.63) is 60.2 Å². The number of rotatable bonds is 4. The van der Waals surface area contributed by atoms with Gasteiger partial charge in [-0.05, 0) is 36.0 Å². The summed E-state index contributed by atoms with van der Waals surface area (Å²) in [6.07, 6.45) is 1.79. The number of Topliss-reactive ketones (excluding diaryl/α,β-unsaturated/α-hetero) is 1. The van der Waals surface area contributed by atoms with E-state index in [-0.39, 0.29) is 12.2 Å². The normalized spacial score (nSPS) is 21.0. The van der Waals surface area contributed by atoms with Crippen LogP contribution in [0, 0.1) is 5.41 Å². The summed E-state index contributed by atoms with van der Waals surface area (Å²) >= 11 is 0. The van der Waals surface area contributed by atoms with Crippen molar-refractivity contribution in [1.29, 1.82) is 0 Å². The molecule has 112 valence electrons. The number of aliphatic carboxylic acids is 1. The number of carbonyl (C=O) groups excluding carboxylic acids is 1. The van der Waals surface area contributed by atoms with Crippen LogP contribution < -0.4 is 0 Å². The Bertz CT molecular complexity index is 688. The third kappa shape index (κ3) is 2.54. The van der Waals surface area contributed by atoms with Gasteiger partial charge in [0.1, 0.15) is 5.41 Å². The summed E-state index contributed by atoms with van der Waals surface area (Å²) in [6, 6.07) is 17.8. The molecule has 0 heterocycles. The van der Waals surface area contributed by atoms with E-state index in [0.717, 1.165) is 16.7 Å². The molecule has 0 aliphatic heterocycles. The lowest BCUT2D eigenvalue weighted by molar-refractivity contribution is -0.153. The highest BCUT2D eigenvalue weighted by molar-refractivity contribution is 6.04. The molecule has 1 fully saturated rings. The summed E-state index contributed by atoms with van der Waals surface area (Å²) in [7, 11) is 0. The van der Waals surface area contributed by atoms with Crippen molar-refractivity contribution in [1.82, 2.24) is 0 Å². The molecule has 0 aromatic heterocycles. The van der Waals surface area contributed by atoms with Gasteiger partial charge in [0.2, 0.25) is 0 Å². The minimum Gasteiger partial charge on any atom is -0.480 e. The predicted octanol–water partition coefficient (Wildman–Crippen LogP) is 3.72. The van der Waals surface area contributed by atoms with Crippen molar-refractivity contribution in [2.45, 2.75) is 25.7 Å². The molecular weight excluding hydrogens is 276 g/mol. The lowest BCUT2D eigenvalue weighted by Gasteiger charge is -2.22. The molecule has 0 saturated heterocycles. The average Bonchev–Trinajstić information content (AvgIpc) is 2.91. The van der Waals surface area contributed by atoms with Gasteiger partial charge < -0.3 is 5.11 Å². The Balaban J connectivity index is 1.84. The Morgan fingerprint density at radius 1 is 1.00 bits per heavy atom. The second kappa shape index (κ2) is 5.76. The standard InChI is InChI=1S/C19H18O3/c20-17-7-4-12-19(17,18(21)22)13-14-8-10-16(11-9-14)15-5-2-1-3-6-15/h1-3,5-6,8-11H,4,7,12-13H2,(H,21,22). The fourth-order valence-electron chi connectivity index (χ4n) is 3.21. The largest absolute Gasteiger partial charge is 0.480 e. The highest BCUT2D eigenvalue weighted by Crippen LogP contribution is 2.38. The number of carboxylic acids is 1. The monoisotopic (exact) mass is 294 g/mol. The molecule has 22 heavy (non-hydrogen) atoms. The molecule has 0 amide bonds. The fraction of sp³-hybridized carbons (Fsp3) is 0.263. The van der Waals surface area contributed by atoms with Crippen molar-refractivity contribution in [2.75, 3.05) is 0 Å². The molecule has 1 aliphatic rings. The zero-order valence-corrected chi connectivity index (χ0v) is 12.3. The van der Waals surface area contributed by atoms with Crippen molar-refractivity contribution in [3.8, 4) is 11.1 Å². The molecule has 1 N–H and O–H groups in total. The minimum atomic E-state index is -1.21. The first-order valence-electron chi connectivity index (χ1n) is 7.53. The van der Waals surface area contributed by atoms with E-state index in [0.29, 0.717) is 19.3 Å². The number of hydrogen-bond acceptors (Lipinski definition) is 2. The van der Waals surface area contributed by atoms with E-state index >= 15 is 0 Å². The van der Waals surface area contributed by atoms with Crippen LogP contribution in [0.3, 0.4) is 0 Å². The van der Waals surface area contributed by atoms with Crippen LogP contribution in [0.1, 0.15) is 24.8 Å². The third-order valence-electron chi connectivity index (χ3n) is 4.52. The number of ketones is 1. The summed E-state index contributed by atoms with van der Waals surface area (Å²) in [5.74, 6) is -1.12. The van der Waals surface area contributed by atoms with Crippen molar-refractivity contribution in [3.63, 3.8) is 0 Å². The van der Waals surface area contributed by atoms with Crippen LogP contribution in [0.4, 0.5) is 0 Å². The molecule has 0 bridgehead atoms. The van der Waals surface area contributed by atoms with Crippen LogP contribution in [0.5, 0.6) is 0 Å². The van der Waals surface area contributed by atoms with Gasteiger partial charge in [-0.25, -0.2) is 0 Å². The van der Waals surface area contributed by atoms with Gasteiger partial charge in [-0.3, -0.25) is 9.59 Å². The maximum absolute atomic E-state index is 12.0. The molecule has 2 aromatic rings. The summed E-state index contributed by atoms with van der Waals surface area (Å²) in [5.41, 5.74) is 1.90. The molecule has 1 saturated carbocycles. The maximum atomic E-state index is 12.0. The average molecular weight is 294 g/mol. The lowest BCUT2D eigenvalue weighted by Crippen LogP contribution is -2.37. The highest BCUT2D eigenvalue weighted by Gasteiger charge is 2.48. The Labute approximate surface area is 129 Å². The van der Waals surface area contributed by atoms with Gasteiger partial charge in [-0.15, -0.1) is 0 Å². The third-order valence-corrected chi connectivity index (χ3v) is 4.52. The zero-order valence-electron chi connectivity index (χ0n) is 12.3. The number of hydrogen-bond donors (Lipinski definition) is 1. The quantitative estimate of drug-likeness (QED) is 0.874. The molecule has 1 atom stereocenters. The molecule has 0 spiro atoms. The summed E-state index contributed by atoms with van der Waals surface area (Å²) < 4.78 is 0.